The van der Waals surface area contributed by atoms with Gasteiger partial charge in [0.2, 0.25) is 5.91 Å². The van der Waals surface area contributed by atoms with Gasteiger partial charge in [-0.25, -0.2) is 0 Å². The van der Waals surface area contributed by atoms with Crippen LogP contribution in [0.5, 0.6) is 0 Å². The summed E-state index contributed by atoms with van der Waals surface area (Å²) >= 11 is 0. The van der Waals surface area contributed by atoms with Crippen molar-refractivity contribution in [1.82, 2.24) is 10.2 Å². The Morgan fingerprint density at radius 1 is 1.30 bits per heavy atom. The SMILES string of the molecule is C#CCN1CCCCC1C(=O)NCCc1c(C)cc(C)cc1C. The molecule has 0 aliphatic carbocycles. The second kappa shape index (κ2) is 8.17. The summed E-state index contributed by atoms with van der Waals surface area (Å²) in [7, 11) is 0. The number of carbonyl (C=O) groups excluding carboxylic acids is 1. The minimum Gasteiger partial charge on any atom is -0.354 e. The first-order valence-electron chi connectivity index (χ1n) is 8.55. The minimum absolute atomic E-state index is 0.0555. The predicted molar refractivity (Wildman–Crippen MR) is 95.4 cm³/mol. The molecule has 23 heavy (non-hydrogen) atoms. The van der Waals surface area contributed by atoms with Crippen molar-refractivity contribution in [2.45, 2.75) is 52.5 Å². The summed E-state index contributed by atoms with van der Waals surface area (Å²) in [6, 6.07) is 4.36. The summed E-state index contributed by atoms with van der Waals surface area (Å²) in [5, 5.41) is 3.11. The third-order valence-corrected chi connectivity index (χ3v) is 4.73. The molecule has 3 heteroatoms. The standard InChI is InChI=1S/C20H28N2O/c1-5-11-22-12-7-6-8-19(22)20(23)21-10-9-18-16(3)13-15(2)14-17(18)4/h1,13-14,19H,6-12H2,2-4H3,(H,21,23). The van der Waals surface area contributed by atoms with Gasteiger partial charge in [-0.05, 0) is 63.3 Å². The van der Waals surface area contributed by atoms with Gasteiger partial charge >= 0.3 is 0 Å². The molecule has 124 valence electrons. The fourth-order valence-electron chi connectivity index (χ4n) is 3.63. The summed E-state index contributed by atoms with van der Waals surface area (Å²) in [5.74, 6) is 2.80. The molecule has 1 fully saturated rings. The summed E-state index contributed by atoms with van der Waals surface area (Å²) in [5.41, 5.74) is 5.26. The first-order valence-corrected chi connectivity index (χ1v) is 8.55. The number of benzene rings is 1. The predicted octanol–water partition coefficient (Wildman–Crippen LogP) is 2.76. The molecular formula is C20H28N2O. The fourth-order valence-corrected chi connectivity index (χ4v) is 3.63. The molecule has 1 heterocycles. The van der Waals surface area contributed by atoms with Crippen molar-refractivity contribution in [3.05, 3.63) is 34.4 Å². The van der Waals surface area contributed by atoms with Crippen molar-refractivity contribution >= 4 is 5.91 Å². The molecule has 1 amide bonds. The van der Waals surface area contributed by atoms with E-state index in [1.54, 1.807) is 0 Å². The molecule has 3 nitrogen and oxygen atoms in total. The van der Waals surface area contributed by atoms with Crippen LogP contribution in [-0.4, -0.2) is 36.5 Å². The molecule has 1 unspecified atom stereocenters. The number of piperidine rings is 1. The molecule has 0 radical (unpaired) electrons. The van der Waals surface area contributed by atoms with E-state index in [0.29, 0.717) is 13.1 Å². The Hall–Kier alpha value is -1.79. The topological polar surface area (TPSA) is 32.3 Å². The quantitative estimate of drug-likeness (QED) is 0.848. The number of rotatable bonds is 5. The van der Waals surface area contributed by atoms with Crippen molar-refractivity contribution in [2.24, 2.45) is 0 Å². The Bertz CT molecular complexity index is 577. The number of terminal acetylenes is 1. The molecule has 0 bridgehead atoms. The van der Waals surface area contributed by atoms with Crippen LogP contribution in [0, 0.1) is 33.1 Å². The van der Waals surface area contributed by atoms with Crippen LogP contribution in [0.15, 0.2) is 12.1 Å². The molecule has 0 saturated carbocycles. The van der Waals surface area contributed by atoms with Crippen molar-refractivity contribution in [3.63, 3.8) is 0 Å². The van der Waals surface area contributed by atoms with E-state index in [1.807, 2.05) is 0 Å². The van der Waals surface area contributed by atoms with E-state index >= 15 is 0 Å². The van der Waals surface area contributed by atoms with E-state index in [0.717, 1.165) is 32.2 Å². The van der Waals surface area contributed by atoms with Gasteiger partial charge in [-0.2, -0.15) is 0 Å². The average molecular weight is 312 g/mol. The number of nitrogens with one attached hydrogen (secondary N) is 1. The van der Waals surface area contributed by atoms with Gasteiger partial charge in [-0.15, -0.1) is 6.42 Å². The van der Waals surface area contributed by atoms with E-state index < -0.39 is 0 Å². The zero-order valence-corrected chi connectivity index (χ0v) is 14.6. The molecule has 0 aromatic heterocycles. The maximum atomic E-state index is 12.5. The fraction of sp³-hybridized carbons (Fsp3) is 0.550. The number of likely N-dealkylation sites (tertiary alicyclic amines) is 1. The molecule has 1 aromatic rings. The number of carbonyl (C=O) groups is 1. The molecule has 2 rings (SSSR count). The molecule has 1 saturated heterocycles. The molecule has 1 aliphatic rings. The summed E-state index contributed by atoms with van der Waals surface area (Å²) in [4.78, 5) is 14.6. The molecule has 1 aliphatic heterocycles. The molecule has 1 aromatic carbocycles. The van der Waals surface area contributed by atoms with Crippen molar-refractivity contribution in [3.8, 4) is 12.3 Å². The van der Waals surface area contributed by atoms with Gasteiger partial charge in [0.25, 0.3) is 0 Å². The largest absolute Gasteiger partial charge is 0.354 e. The monoisotopic (exact) mass is 312 g/mol. The Morgan fingerprint density at radius 3 is 2.65 bits per heavy atom. The van der Waals surface area contributed by atoms with Crippen LogP contribution < -0.4 is 5.32 Å². The highest BCUT2D eigenvalue weighted by molar-refractivity contribution is 5.81. The van der Waals surface area contributed by atoms with Crippen molar-refractivity contribution in [1.29, 1.82) is 0 Å². The maximum Gasteiger partial charge on any atom is 0.237 e. The van der Waals surface area contributed by atoms with E-state index in [4.69, 9.17) is 6.42 Å². The Balaban J connectivity index is 1.91. The average Bonchev–Trinajstić information content (AvgIpc) is 2.50. The smallest absolute Gasteiger partial charge is 0.237 e. The lowest BCUT2D eigenvalue weighted by molar-refractivity contribution is -0.127. The highest BCUT2D eigenvalue weighted by Gasteiger charge is 2.27. The summed E-state index contributed by atoms with van der Waals surface area (Å²) in [6.45, 7) is 8.59. The second-order valence-corrected chi connectivity index (χ2v) is 6.60. The van der Waals surface area contributed by atoms with Crippen LogP contribution in [0.4, 0.5) is 0 Å². The Morgan fingerprint density at radius 2 is 2.00 bits per heavy atom. The van der Waals surface area contributed by atoms with Crippen LogP contribution in [0.25, 0.3) is 0 Å². The summed E-state index contributed by atoms with van der Waals surface area (Å²) in [6.07, 6.45) is 9.45. The van der Waals surface area contributed by atoms with Crippen LogP contribution in [0.1, 0.15) is 41.5 Å². The van der Waals surface area contributed by atoms with Crippen molar-refractivity contribution < 1.29 is 4.79 Å². The Kier molecular flexibility index (Phi) is 6.24. The third-order valence-electron chi connectivity index (χ3n) is 4.73. The van der Waals surface area contributed by atoms with Gasteiger partial charge in [-0.1, -0.05) is 30.0 Å². The van der Waals surface area contributed by atoms with E-state index in [2.05, 4.69) is 49.0 Å². The van der Waals surface area contributed by atoms with Gasteiger partial charge in [-0.3, -0.25) is 9.69 Å². The molecular weight excluding hydrogens is 284 g/mol. The van der Waals surface area contributed by atoms with Gasteiger partial charge in [0.1, 0.15) is 0 Å². The lowest BCUT2D eigenvalue weighted by atomic mass is 9.97. The first kappa shape index (κ1) is 17.6. The molecule has 0 spiro atoms. The first-order chi connectivity index (χ1) is 11.0. The number of nitrogens with zero attached hydrogens (tertiary/aromatic N) is 1. The van der Waals surface area contributed by atoms with Gasteiger partial charge in [0.15, 0.2) is 0 Å². The lowest BCUT2D eigenvalue weighted by Gasteiger charge is -2.33. The zero-order valence-electron chi connectivity index (χ0n) is 14.6. The van der Waals surface area contributed by atoms with Gasteiger partial charge in [0.05, 0.1) is 12.6 Å². The molecule has 1 N–H and O–H groups in total. The lowest BCUT2D eigenvalue weighted by Crippen LogP contribution is -2.49. The number of hydrogen-bond donors (Lipinski definition) is 1. The van der Waals surface area contributed by atoms with Crippen LogP contribution >= 0.6 is 0 Å². The highest BCUT2D eigenvalue weighted by atomic mass is 16.2. The second-order valence-electron chi connectivity index (χ2n) is 6.60. The van der Waals surface area contributed by atoms with Crippen LogP contribution in [0.2, 0.25) is 0 Å². The zero-order chi connectivity index (χ0) is 16.8. The Labute approximate surface area is 140 Å². The minimum atomic E-state index is -0.0555. The highest BCUT2D eigenvalue weighted by Crippen LogP contribution is 2.18. The van der Waals surface area contributed by atoms with E-state index in [1.165, 1.54) is 22.3 Å². The maximum absolute atomic E-state index is 12.5. The summed E-state index contributed by atoms with van der Waals surface area (Å²) < 4.78 is 0. The number of aryl methyl sites for hydroxylation is 3. The van der Waals surface area contributed by atoms with Gasteiger partial charge in [0, 0.05) is 6.54 Å². The van der Waals surface area contributed by atoms with Gasteiger partial charge < -0.3 is 5.32 Å². The third kappa shape index (κ3) is 4.59. The number of amides is 1. The van der Waals surface area contributed by atoms with Crippen LogP contribution in [0.3, 0.4) is 0 Å². The molecule has 1 atom stereocenters. The number of hydrogen-bond acceptors (Lipinski definition) is 2. The van der Waals surface area contributed by atoms with E-state index in [9.17, 15) is 4.79 Å². The normalized spacial score (nSPS) is 18.4. The van der Waals surface area contributed by atoms with Crippen molar-refractivity contribution in [2.75, 3.05) is 19.6 Å². The van der Waals surface area contributed by atoms with E-state index in [-0.39, 0.29) is 11.9 Å². The van der Waals surface area contributed by atoms with Crippen LogP contribution in [-0.2, 0) is 11.2 Å².